The number of allylic oxidation sites excluding steroid dienone is 2. The summed E-state index contributed by atoms with van der Waals surface area (Å²) in [7, 11) is 0. The van der Waals surface area contributed by atoms with Gasteiger partial charge in [0.2, 0.25) is 0 Å². The number of nitrogens with zero attached hydrogens (tertiary/aromatic N) is 1. The van der Waals surface area contributed by atoms with Gasteiger partial charge in [0.1, 0.15) is 11.7 Å². The molecule has 0 radical (unpaired) electrons. The van der Waals surface area contributed by atoms with Gasteiger partial charge in [-0.1, -0.05) is 42.5 Å². The van der Waals surface area contributed by atoms with Crippen molar-refractivity contribution in [2.75, 3.05) is 6.61 Å². The normalized spacial score (nSPS) is 21.1. The highest BCUT2D eigenvalue weighted by molar-refractivity contribution is 6.08. The zero-order valence-electron chi connectivity index (χ0n) is 16.9. The van der Waals surface area contributed by atoms with E-state index in [1.54, 1.807) is 12.1 Å². The van der Waals surface area contributed by atoms with Crippen molar-refractivity contribution in [3.8, 4) is 0 Å². The second-order valence-corrected chi connectivity index (χ2v) is 7.80. The van der Waals surface area contributed by atoms with Crippen LogP contribution in [0.2, 0.25) is 0 Å². The molecule has 0 aromatic heterocycles. The van der Waals surface area contributed by atoms with Crippen molar-refractivity contribution in [3.63, 3.8) is 0 Å². The van der Waals surface area contributed by atoms with E-state index in [2.05, 4.69) is 4.99 Å². The van der Waals surface area contributed by atoms with Gasteiger partial charge in [0.05, 0.1) is 6.61 Å². The molecule has 0 spiro atoms. The molecule has 0 saturated heterocycles. The predicted octanol–water partition coefficient (Wildman–Crippen LogP) is 4.79. The third-order valence-electron chi connectivity index (χ3n) is 5.80. The van der Waals surface area contributed by atoms with E-state index in [4.69, 9.17) is 4.74 Å². The summed E-state index contributed by atoms with van der Waals surface area (Å²) >= 11 is 0. The number of rotatable bonds is 5. The molecule has 2 aromatic rings. The highest BCUT2D eigenvalue weighted by Crippen LogP contribution is 2.43. The van der Waals surface area contributed by atoms with Crippen molar-refractivity contribution < 1.29 is 18.7 Å². The summed E-state index contributed by atoms with van der Waals surface area (Å²) in [5, 5.41) is 0. The van der Waals surface area contributed by atoms with Gasteiger partial charge in [-0.2, -0.15) is 0 Å². The average Bonchev–Trinajstić information content (AvgIpc) is 2.74. The molecule has 154 valence electrons. The minimum absolute atomic E-state index is 0.0175. The van der Waals surface area contributed by atoms with Gasteiger partial charge in [0.15, 0.2) is 5.78 Å². The Morgan fingerprint density at radius 1 is 1.10 bits per heavy atom. The predicted molar refractivity (Wildman–Crippen MR) is 113 cm³/mol. The van der Waals surface area contributed by atoms with Gasteiger partial charge in [-0.15, -0.1) is 0 Å². The lowest BCUT2D eigenvalue weighted by Crippen LogP contribution is -2.37. The van der Waals surface area contributed by atoms with Crippen LogP contribution in [0.5, 0.6) is 0 Å². The topological polar surface area (TPSA) is 55.7 Å². The number of hydrogen-bond acceptors (Lipinski definition) is 4. The number of esters is 1. The maximum absolute atomic E-state index is 13.5. The van der Waals surface area contributed by atoms with Gasteiger partial charge in [0, 0.05) is 35.7 Å². The summed E-state index contributed by atoms with van der Waals surface area (Å²) < 4.78 is 19.1. The minimum atomic E-state index is -0.688. The van der Waals surface area contributed by atoms with Crippen LogP contribution in [0.1, 0.15) is 43.2 Å². The summed E-state index contributed by atoms with van der Waals surface area (Å²) in [5.41, 5.74) is 3.80. The minimum Gasteiger partial charge on any atom is -0.465 e. The van der Waals surface area contributed by atoms with Crippen LogP contribution in [0, 0.1) is 11.7 Å². The molecule has 0 N–H and O–H groups in total. The van der Waals surface area contributed by atoms with Crippen LogP contribution in [-0.2, 0) is 20.7 Å². The van der Waals surface area contributed by atoms with Gasteiger partial charge in [-0.25, -0.2) is 4.39 Å². The van der Waals surface area contributed by atoms with Crippen molar-refractivity contribution in [2.45, 2.75) is 38.5 Å². The van der Waals surface area contributed by atoms with E-state index in [1.807, 2.05) is 37.3 Å². The SMILES string of the molecule is CC1=NC2=C(C(=O)CCC2)[C@H](c2ccc(F)cc2)C1C(=O)OCCc1ccccc1. The summed E-state index contributed by atoms with van der Waals surface area (Å²) in [6.07, 6.45) is 2.53. The van der Waals surface area contributed by atoms with E-state index < -0.39 is 17.8 Å². The van der Waals surface area contributed by atoms with Crippen molar-refractivity contribution in [2.24, 2.45) is 10.9 Å². The lowest BCUT2D eigenvalue weighted by atomic mass is 9.72. The Bertz CT molecular complexity index is 1010. The van der Waals surface area contributed by atoms with Gasteiger partial charge in [-0.3, -0.25) is 14.6 Å². The Kier molecular flexibility index (Phi) is 5.88. The highest BCUT2D eigenvalue weighted by atomic mass is 19.1. The number of benzene rings is 2. The van der Waals surface area contributed by atoms with E-state index in [9.17, 15) is 14.0 Å². The fourth-order valence-electron chi connectivity index (χ4n) is 4.35. The average molecular weight is 405 g/mol. The number of carbonyl (C=O) groups excluding carboxylic acids is 2. The fraction of sp³-hybridized carbons (Fsp3) is 0.320. The zero-order chi connectivity index (χ0) is 21.1. The second-order valence-electron chi connectivity index (χ2n) is 7.80. The van der Waals surface area contributed by atoms with E-state index in [1.165, 1.54) is 12.1 Å². The molecule has 2 atom stereocenters. The number of Topliss-reactive ketones (excluding diaryl/α,β-unsaturated/α-hetero) is 1. The quantitative estimate of drug-likeness (QED) is 0.672. The largest absolute Gasteiger partial charge is 0.465 e. The molecule has 4 nitrogen and oxygen atoms in total. The van der Waals surface area contributed by atoms with Crippen LogP contribution in [-0.4, -0.2) is 24.1 Å². The molecule has 5 heteroatoms. The number of halogens is 1. The van der Waals surface area contributed by atoms with Gasteiger partial charge >= 0.3 is 5.97 Å². The Hall–Kier alpha value is -3.08. The van der Waals surface area contributed by atoms with E-state index >= 15 is 0 Å². The van der Waals surface area contributed by atoms with Gasteiger partial charge in [-0.05, 0) is 43.0 Å². The Morgan fingerprint density at radius 2 is 1.83 bits per heavy atom. The third kappa shape index (κ3) is 4.11. The number of hydrogen-bond donors (Lipinski definition) is 0. The zero-order valence-corrected chi connectivity index (χ0v) is 16.9. The lowest BCUT2D eigenvalue weighted by Gasteiger charge is -2.34. The third-order valence-corrected chi connectivity index (χ3v) is 5.80. The first-order valence-electron chi connectivity index (χ1n) is 10.3. The van der Waals surface area contributed by atoms with E-state index in [0.29, 0.717) is 30.5 Å². The van der Waals surface area contributed by atoms with Crippen LogP contribution < -0.4 is 0 Å². The highest BCUT2D eigenvalue weighted by Gasteiger charge is 2.43. The second kappa shape index (κ2) is 8.74. The first-order chi connectivity index (χ1) is 14.5. The van der Waals surface area contributed by atoms with Crippen LogP contribution in [0.3, 0.4) is 0 Å². The molecule has 0 amide bonds. The summed E-state index contributed by atoms with van der Waals surface area (Å²) in [6, 6.07) is 15.8. The lowest BCUT2D eigenvalue weighted by molar-refractivity contribution is -0.146. The summed E-state index contributed by atoms with van der Waals surface area (Å²) in [5.74, 6) is -1.91. The molecule has 2 aliphatic rings. The van der Waals surface area contributed by atoms with Crippen molar-refractivity contribution in [1.29, 1.82) is 0 Å². The van der Waals surface area contributed by atoms with E-state index in [0.717, 1.165) is 23.2 Å². The molecule has 1 heterocycles. The maximum Gasteiger partial charge on any atom is 0.315 e. The van der Waals surface area contributed by atoms with Crippen molar-refractivity contribution in [1.82, 2.24) is 0 Å². The Balaban J connectivity index is 1.62. The van der Waals surface area contributed by atoms with Gasteiger partial charge < -0.3 is 4.74 Å². The molecule has 1 aliphatic heterocycles. The number of ketones is 1. The standard InChI is InChI=1S/C25H24FNO3/c1-16-22(25(29)30-15-14-17-6-3-2-4-7-17)23(18-10-12-19(26)13-11-18)24-20(27-16)8-5-9-21(24)28/h2-4,6-7,10-13,22-23H,5,8-9,14-15H2,1H3/t22?,23-/m1/s1. The molecule has 4 rings (SSSR count). The summed E-state index contributed by atoms with van der Waals surface area (Å²) in [6.45, 7) is 2.06. The van der Waals surface area contributed by atoms with E-state index in [-0.39, 0.29) is 18.2 Å². The van der Waals surface area contributed by atoms with Crippen LogP contribution in [0.25, 0.3) is 0 Å². The fourth-order valence-corrected chi connectivity index (χ4v) is 4.35. The monoisotopic (exact) mass is 405 g/mol. The van der Waals surface area contributed by atoms with Crippen LogP contribution in [0.4, 0.5) is 4.39 Å². The molecule has 30 heavy (non-hydrogen) atoms. The van der Waals surface area contributed by atoms with Crippen molar-refractivity contribution >= 4 is 17.5 Å². The van der Waals surface area contributed by atoms with Crippen molar-refractivity contribution in [3.05, 3.63) is 82.8 Å². The van der Waals surface area contributed by atoms with Crippen LogP contribution in [0.15, 0.2) is 70.9 Å². The summed E-state index contributed by atoms with van der Waals surface area (Å²) in [4.78, 5) is 30.5. The van der Waals surface area contributed by atoms with Crippen LogP contribution >= 0.6 is 0 Å². The number of carbonyl (C=O) groups is 2. The number of aliphatic imine (C=N–C) groups is 1. The Morgan fingerprint density at radius 3 is 2.57 bits per heavy atom. The first-order valence-corrected chi connectivity index (χ1v) is 10.3. The van der Waals surface area contributed by atoms with Gasteiger partial charge in [0.25, 0.3) is 0 Å². The molecular formula is C25H24FNO3. The smallest absolute Gasteiger partial charge is 0.315 e. The molecule has 2 aromatic carbocycles. The molecular weight excluding hydrogens is 381 g/mol. The number of ether oxygens (including phenoxy) is 1. The molecule has 0 bridgehead atoms. The molecule has 1 unspecified atom stereocenters. The molecule has 0 fully saturated rings. The molecule has 0 saturated carbocycles. The maximum atomic E-state index is 13.5. The first kappa shape index (κ1) is 20.2. The Labute approximate surface area is 175 Å². The molecule has 1 aliphatic carbocycles.